The van der Waals surface area contributed by atoms with Gasteiger partial charge < -0.3 is 10.4 Å². The molecule has 208 valence electrons. The highest BCUT2D eigenvalue weighted by molar-refractivity contribution is 5.89. The van der Waals surface area contributed by atoms with Crippen LogP contribution in [0, 0.1) is 0 Å². The van der Waals surface area contributed by atoms with Gasteiger partial charge in [-0.25, -0.2) is 15.0 Å². The lowest BCUT2D eigenvalue weighted by molar-refractivity contribution is -0.142. The minimum atomic E-state index is -4.59. The molecule has 1 aliphatic heterocycles. The summed E-state index contributed by atoms with van der Waals surface area (Å²) in [6.45, 7) is 7.11. The molecule has 4 aromatic rings. The molecule has 0 amide bonds. The molecule has 0 unspecified atom stereocenters. The van der Waals surface area contributed by atoms with Gasteiger partial charge in [0.15, 0.2) is 5.82 Å². The summed E-state index contributed by atoms with van der Waals surface area (Å²) in [5.74, 6) is -0.196. The maximum absolute atomic E-state index is 13.7. The maximum atomic E-state index is 13.7. The summed E-state index contributed by atoms with van der Waals surface area (Å²) < 4.78 is 41.1. The van der Waals surface area contributed by atoms with Crippen LogP contribution in [-0.2, 0) is 22.9 Å². The Morgan fingerprint density at radius 1 is 1.10 bits per heavy atom. The van der Waals surface area contributed by atoms with Crippen molar-refractivity contribution in [1.29, 1.82) is 0 Å². The smallest absolute Gasteiger partial charge is 0.418 e. The molecular formula is C29H29F3N6O2. The van der Waals surface area contributed by atoms with Gasteiger partial charge in [-0.15, -0.1) is 0 Å². The van der Waals surface area contributed by atoms with Gasteiger partial charge in [-0.2, -0.15) is 13.2 Å². The van der Waals surface area contributed by atoms with Crippen molar-refractivity contribution in [2.75, 3.05) is 11.9 Å². The quantitative estimate of drug-likeness (QED) is 0.293. The number of aromatic nitrogens is 4. The Labute approximate surface area is 229 Å². The molecule has 0 saturated carbocycles. The van der Waals surface area contributed by atoms with Crippen LogP contribution < -0.4 is 5.32 Å². The average Bonchev–Trinajstić information content (AvgIpc) is 3.36. The zero-order valence-electron chi connectivity index (χ0n) is 22.3. The van der Waals surface area contributed by atoms with E-state index in [2.05, 4.69) is 46.0 Å². The number of halogens is 3. The zero-order chi connectivity index (χ0) is 28.7. The molecular weight excluding hydrogens is 521 g/mol. The third-order valence-corrected chi connectivity index (χ3v) is 6.98. The molecule has 3 aromatic heterocycles. The van der Waals surface area contributed by atoms with Crippen LogP contribution in [0.15, 0.2) is 54.9 Å². The van der Waals surface area contributed by atoms with Crippen LogP contribution in [-0.4, -0.2) is 48.5 Å². The summed E-state index contributed by atoms with van der Waals surface area (Å²) in [4.78, 5) is 31.2. The first-order valence-electron chi connectivity index (χ1n) is 12.9. The second kappa shape index (κ2) is 10.5. The van der Waals surface area contributed by atoms with Crippen LogP contribution in [0.2, 0.25) is 0 Å². The molecule has 1 saturated heterocycles. The van der Waals surface area contributed by atoms with Gasteiger partial charge in [0, 0.05) is 23.6 Å². The van der Waals surface area contributed by atoms with Crippen LogP contribution in [0.3, 0.4) is 0 Å². The van der Waals surface area contributed by atoms with Crippen LogP contribution >= 0.6 is 0 Å². The molecule has 5 rings (SSSR count). The van der Waals surface area contributed by atoms with E-state index in [0.29, 0.717) is 35.6 Å². The largest absolute Gasteiger partial charge is 0.480 e. The van der Waals surface area contributed by atoms with Crippen LogP contribution in [0.1, 0.15) is 50.6 Å². The first-order chi connectivity index (χ1) is 18.9. The standard InChI is InChI=1S/C29H29F3N6O2/c1-28(2,3)18-8-10-19(11-9-18)35-26-25-21(36-23(37-26)16-38-13-5-7-22(38)27(39)40)14-17(15-34-25)24-20(29(30,31)32)6-4-12-33-24/h4,6,8-12,14-15,22H,5,7,13,16H2,1-3H3,(H,39,40)(H,35,36,37)/t22-/m0/s1. The molecule has 0 radical (unpaired) electrons. The minimum Gasteiger partial charge on any atom is -0.480 e. The maximum Gasteiger partial charge on any atom is 0.418 e. The average molecular weight is 551 g/mol. The Balaban J connectivity index is 1.59. The van der Waals surface area contributed by atoms with Gasteiger partial charge >= 0.3 is 12.1 Å². The number of benzene rings is 1. The van der Waals surface area contributed by atoms with E-state index in [9.17, 15) is 23.1 Å². The van der Waals surface area contributed by atoms with Crippen molar-refractivity contribution in [2.24, 2.45) is 0 Å². The van der Waals surface area contributed by atoms with Gasteiger partial charge in [-0.05, 0) is 60.7 Å². The SMILES string of the molecule is CC(C)(C)c1ccc(Nc2nc(CN3CCC[C@H]3C(=O)O)nc3cc(-c4ncccc4C(F)(F)F)cnc23)cc1. The predicted octanol–water partition coefficient (Wildman–Crippen LogP) is 6.20. The summed E-state index contributed by atoms with van der Waals surface area (Å²) in [6, 6.07) is 11.0. The number of hydrogen-bond donors (Lipinski definition) is 2. The van der Waals surface area contributed by atoms with Crippen molar-refractivity contribution >= 4 is 28.5 Å². The number of carboxylic acid groups (broad SMARTS) is 1. The Kier molecular flexibility index (Phi) is 7.17. The van der Waals surface area contributed by atoms with Crippen molar-refractivity contribution in [1.82, 2.24) is 24.8 Å². The molecule has 8 nitrogen and oxygen atoms in total. The number of anilines is 2. The van der Waals surface area contributed by atoms with Gasteiger partial charge in [0.2, 0.25) is 0 Å². The Morgan fingerprint density at radius 3 is 2.52 bits per heavy atom. The van der Waals surface area contributed by atoms with Gasteiger partial charge in [-0.3, -0.25) is 14.7 Å². The molecule has 1 atom stereocenters. The lowest BCUT2D eigenvalue weighted by atomic mass is 9.87. The molecule has 0 aliphatic carbocycles. The number of hydrogen-bond acceptors (Lipinski definition) is 7. The van der Waals surface area contributed by atoms with E-state index >= 15 is 0 Å². The van der Waals surface area contributed by atoms with Gasteiger partial charge in [0.1, 0.15) is 17.4 Å². The topological polar surface area (TPSA) is 104 Å². The lowest BCUT2D eigenvalue weighted by Crippen LogP contribution is -2.35. The number of aliphatic carboxylic acids is 1. The number of carboxylic acids is 1. The molecule has 11 heteroatoms. The highest BCUT2D eigenvalue weighted by atomic mass is 19.4. The monoisotopic (exact) mass is 550 g/mol. The fourth-order valence-corrected chi connectivity index (χ4v) is 4.89. The molecule has 40 heavy (non-hydrogen) atoms. The third-order valence-electron chi connectivity index (χ3n) is 6.98. The van der Waals surface area contributed by atoms with E-state index < -0.39 is 23.8 Å². The van der Waals surface area contributed by atoms with Gasteiger partial charge in [0.05, 0.1) is 23.3 Å². The number of nitrogens with zero attached hydrogens (tertiary/aromatic N) is 5. The van der Waals surface area contributed by atoms with Crippen molar-refractivity contribution in [3.8, 4) is 11.3 Å². The zero-order valence-corrected chi connectivity index (χ0v) is 22.3. The molecule has 4 heterocycles. The summed E-state index contributed by atoms with van der Waals surface area (Å²) in [5.41, 5.74) is 1.61. The number of pyridine rings is 2. The molecule has 1 aromatic carbocycles. The summed E-state index contributed by atoms with van der Waals surface area (Å²) >= 11 is 0. The van der Waals surface area contributed by atoms with Gasteiger partial charge in [0.25, 0.3) is 0 Å². The summed E-state index contributed by atoms with van der Waals surface area (Å²) in [7, 11) is 0. The Morgan fingerprint density at radius 2 is 1.85 bits per heavy atom. The Hall–Kier alpha value is -4.12. The fraction of sp³-hybridized carbons (Fsp3) is 0.345. The van der Waals surface area contributed by atoms with Crippen molar-refractivity contribution in [3.63, 3.8) is 0 Å². The van der Waals surface area contributed by atoms with Crippen LogP contribution in [0.25, 0.3) is 22.3 Å². The molecule has 1 fully saturated rings. The molecule has 0 spiro atoms. The normalized spacial score (nSPS) is 16.4. The van der Waals surface area contributed by atoms with E-state index in [1.54, 1.807) is 4.90 Å². The van der Waals surface area contributed by atoms with Crippen molar-refractivity contribution < 1.29 is 23.1 Å². The fourth-order valence-electron chi connectivity index (χ4n) is 4.89. The number of nitrogens with one attached hydrogen (secondary N) is 1. The number of rotatable bonds is 6. The number of fused-ring (bicyclic) bond motifs is 1. The first-order valence-corrected chi connectivity index (χ1v) is 12.9. The third kappa shape index (κ3) is 5.74. The van der Waals surface area contributed by atoms with Crippen molar-refractivity contribution in [3.05, 3.63) is 71.8 Å². The number of carbonyl (C=O) groups is 1. The first kappa shape index (κ1) is 27.4. The molecule has 1 aliphatic rings. The van der Waals surface area contributed by atoms with E-state index in [1.807, 2.05) is 24.3 Å². The highest BCUT2D eigenvalue weighted by Gasteiger charge is 2.35. The van der Waals surface area contributed by atoms with E-state index in [0.717, 1.165) is 23.7 Å². The second-order valence-corrected chi connectivity index (χ2v) is 10.9. The predicted molar refractivity (Wildman–Crippen MR) is 145 cm³/mol. The summed E-state index contributed by atoms with van der Waals surface area (Å²) in [6.07, 6.45) is -0.699. The lowest BCUT2D eigenvalue weighted by Gasteiger charge is -2.21. The molecule has 0 bridgehead atoms. The van der Waals surface area contributed by atoms with Gasteiger partial charge in [-0.1, -0.05) is 32.9 Å². The van der Waals surface area contributed by atoms with E-state index in [1.165, 1.54) is 24.5 Å². The molecule has 2 N–H and O–H groups in total. The van der Waals surface area contributed by atoms with E-state index in [4.69, 9.17) is 0 Å². The van der Waals surface area contributed by atoms with Crippen molar-refractivity contribution in [2.45, 2.75) is 57.8 Å². The Bertz CT molecular complexity index is 1550. The van der Waals surface area contributed by atoms with Crippen LogP contribution in [0.5, 0.6) is 0 Å². The second-order valence-electron chi connectivity index (χ2n) is 10.9. The minimum absolute atomic E-state index is 0.0254. The number of likely N-dealkylation sites (tertiary alicyclic amines) is 1. The van der Waals surface area contributed by atoms with E-state index in [-0.39, 0.29) is 23.2 Å². The highest BCUT2D eigenvalue weighted by Crippen LogP contribution is 2.36. The summed E-state index contributed by atoms with van der Waals surface area (Å²) in [5, 5.41) is 12.9. The van der Waals surface area contributed by atoms with Crippen LogP contribution in [0.4, 0.5) is 24.7 Å². The number of alkyl halides is 3.